The zero-order valence-corrected chi connectivity index (χ0v) is 13.9. The highest BCUT2D eigenvalue weighted by atomic mass is 79.9. The number of halogens is 2. The fourth-order valence-corrected chi connectivity index (χ4v) is 2.77. The number of nitrogens with zero attached hydrogens (tertiary/aromatic N) is 1. The highest BCUT2D eigenvalue weighted by Gasteiger charge is 2.10. The smallest absolute Gasteiger partial charge is 0.335 e. The number of carboxylic acid groups (broad SMARTS) is 1. The maximum atomic E-state index is 10.9. The van der Waals surface area contributed by atoms with E-state index in [1.54, 1.807) is 12.1 Å². The molecule has 0 aliphatic carbocycles. The summed E-state index contributed by atoms with van der Waals surface area (Å²) in [6, 6.07) is 12.8. The predicted molar refractivity (Wildman–Crippen MR) is 87.7 cm³/mol. The highest BCUT2D eigenvalue weighted by molar-refractivity contribution is 9.10. The first-order valence-corrected chi connectivity index (χ1v) is 7.58. The molecule has 2 aromatic rings. The number of aromatic carboxylic acids is 1. The lowest BCUT2D eigenvalue weighted by molar-refractivity contribution is 0.0697. The predicted octanol–water partition coefficient (Wildman–Crippen LogP) is 4.43. The number of hydrogen-bond donors (Lipinski definition) is 1. The van der Waals surface area contributed by atoms with E-state index in [4.69, 9.17) is 16.7 Å². The second-order valence-electron chi connectivity index (χ2n) is 4.88. The second-order valence-corrected chi connectivity index (χ2v) is 6.14. The largest absolute Gasteiger partial charge is 0.478 e. The summed E-state index contributed by atoms with van der Waals surface area (Å²) in [5, 5.41) is 9.72. The van der Waals surface area contributed by atoms with Gasteiger partial charge in [-0.1, -0.05) is 51.8 Å². The van der Waals surface area contributed by atoms with Crippen molar-refractivity contribution in [2.45, 2.75) is 13.1 Å². The van der Waals surface area contributed by atoms with E-state index in [-0.39, 0.29) is 5.56 Å². The van der Waals surface area contributed by atoms with Gasteiger partial charge in [-0.15, -0.1) is 0 Å². The Kier molecular flexibility index (Phi) is 5.39. The van der Waals surface area contributed by atoms with Crippen LogP contribution in [-0.4, -0.2) is 23.0 Å². The van der Waals surface area contributed by atoms with Crippen molar-refractivity contribution in [1.29, 1.82) is 0 Å². The molecule has 0 bridgehead atoms. The summed E-state index contributed by atoms with van der Waals surface area (Å²) < 4.78 is 0.799. The zero-order valence-electron chi connectivity index (χ0n) is 11.5. The SMILES string of the molecule is CN(Cc1ccccc1Cl)Cc1ccc(C(=O)O)cc1Br. The minimum atomic E-state index is -0.924. The Labute approximate surface area is 137 Å². The molecule has 0 heterocycles. The molecule has 0 aliphatic heterocycles. The monoisotopic (exact) mass is 367 g/mol. The molecule has 0 amide bonds. The Balaban J connectivity index is 2.08. The minimum absolute atomic E-state index is 0.277. The third-order valence-electron chi connectivity index (χ3n) is 3.14. The van der Waals surface area contributed by atoms with Gasteiger partial charge in [-0.05, 0) is 36.4 Å². The Bertz CT molecular complexity index is 660. The molecule has 0 saturated heterocycles. The third-order valence-corrected chi connectivity index (χ3v) is 4.25. The Morgan fingerprint density at radius 3 is 2.48 bits per heavy atom. The number of hydrogen-bond acceptors (Lipinski definition) is 2. The van der Waals surface area contributed by atoms with Gasteiger partial charge in [0.15, 0.2) is 0 Å². The van der Waals surface area contributed by atoms with Crippen LogP contribution in [0, 0.1) is 0 Å². The molecule has 5 heteroatoms. The molecule has 0 aromatic heterocycles. The van der Waals surface area contributed by atoms with Gasteiger partial charge in [-0.25, -0.2) is 4.79 Å². The van der Waals surface area contributed by atoms with Gasteiger partial charge in [0.25, 0.3) is 0 Å². The first-order chi connectivity index (χ1) is 9.97. The van der Waals surface area contributed by atoms with Gasteiger partial charge in [-0.2, -0.15) is 0 Å². The van der Waals surface area contributed by atoms with Crippen LogP contribution >= 0.6 is 27.5 Å². The number of rotatable bonds is 5. The average Bonchev–Trinajstić information content (AvgIpc) is 2.43. The van der Waals surface area contributed by atoms with Gasteiger partial charge < -0.3 is 5.11 Å². The fourth-order valence-electron chi connectivity index (χ4n) is 2.07. The van der Waals surface area contributed by atoms with E-state index >= 15 is 0 Å². The van der Waals surface area contributed by atoms with E-state index in [0.29, 0.717) is 6.54 Å². The van der Waals surface area contributed by atoms with Crippen LogP contribution in [0.15, 0.2) is 46.9 Å². The molecule has 2 aromatic carbocycles. The third kappa shape index (κ3) is 4.30. The van der Waals surface area contributed by atoms with Crippen molar-refractivity contribution in [3.63, 3.8) is 0 Å². The van der Waals surface area contributed by atoms with Crippen LogP contribution < -0.4 is 0 Å². The fraction of sp³-hybridized carbons (Fsp3) is 0.188. The van der Waals surface area contributed by atoms with Crippen LogP contribution in [-0.2, 0) is 13.1 Å². The van der Waals surface area contributed by atoms with Gasteiger partial charge in [0.1, 0.15) is 0 Å². The minimum Gasteiger partial charge on any atom is -0.478 e. The standard InChI is InChI=1S/C16H15BrClNO2/c1-19(10-13-4-2-3-5-15(13)18)9-12-7-6-11(16(20)21)8-14(12)17/h2-8H,9-10H2,1H3,(H,20,21). The van der Waals surface area contributed by atoms with Crippen molar-refractivity contribution >= 4 is 33.5 Å². The molecule has 0 unspecified atom stereocenters. The van der Waals surface area contributed by atoms with Crippen molar-refractivity contribution in [3.05, 3.63) is 68.7 Å². The number of carboxylic acids is 1. The summed E-state index contributed by atoms with van der Waals surface area (Å²) in [6.07, 6.45) is 0. The van der Waals surface area contributed by atoms with E-state index in [2.05, 4.69) is 20.8 Å². The molecule has 110 valence electrons. The first kappa shape index (κ1) is 16.0. The van der Waals surface area contributed by atoms with Crippen LogP contribution in [0.2, 0.25) is 5.02 Å². The number of benzene rings is 2. The Hall–Kier alpha value is -1.36. The lowest BCUT2D eigenvalue weighted by atomic mass is 10.1. The van der Waals surface area contributed by atoms with Crippen molar-refractivity contribution in [1.82, 2.24) is 4.90 Å². The van der Waals surface area contributed by atoms with E-state index in [9.17, 15) is 4.79 Å². The lowest BCUT2D eigenvalue weighted by Gasteiger charge is -2.18. The molecule has 0 radical (unpaired) electrons. The van der Waals surface area contributed by atoms with Gasteiger partial charge in [0.05, 0.1) is 5.56 Å². The van der Waals surface area contributed by atoms with E-state index < -0.39 is 5.97 Å². The molecule has 21 heavy (non-hydrogen) atoms. The van der Waals surface area contributed by atoms with E-state index in [1.807, 2.05) is 37.4 Å². The summed E-state index contributed by atoms with van der Waals surface area (Å²) in [5.41, 5.74) is 2.38. The van der Waals surface area contributed by atoms with Gasteiger partial charge in [0, 0.05) is 22.6 Å². The lowest BCUT2D eigenvalue weighted by Crippen LogP contribution is -2.17. The molecular formula is C16H15BrClNO2. The normalized spacial score (nSPS) is 10.9. The molecule has 2 rings (SSSR count). The molecule has 0 aliphatic rings. The van der Waals surface area contributed by atoms with Crippen molar-refractivity contribution in [2.24, 2.45) is 0 Å². The van der Waals surface area contributed by atoms with Crippen LogP contribution in [0.4, 0.5) is 0 Å². The highest BCUT2D eigenvalue weighted by Crippen LogP contribution is 2.22. The summed E-state index contributed by atoms with van der Waals surface area (Å²) in [4.78, 5) is 13.0. The van der Waals surface area contributed by atoms with E-state index in [1.165, 1.54) is 0 Å². The molecule has 0 atom stereocenters. The van der Waals surface area contributed by atoms with Crippen molar-refractivity contribution < 1.29 is 9.90 Å². The summed E-state index contributed by atoms with van der Waals surface area (Å²) in [6.45, 7) is 1.43. The molecule has 3 nitrogen and oxygen atoms in total. The summed E-state index contributed by atoms with van der Waals surface area (Å²) in [7, 11) is 2.00. The van der Waals surface area contributed by atoms with Crippen LogP contribution in [0.25, 0.3) is 0 Å². The maximum Gasteiger partial charge on any atom is 0.335 e. The summed E-state index contributed by atoms with van der Waals surface area (Å²) in [5.74, 6) is -0.924. The molecule has 1 N–H and O–H groups in total. The molecule has 0 saturated carbocycles. The van der Waals surface area contributed by atoms with Gasteiger partial charge in [0.2, 0.25) is 0 Å². The van der Waals surface area contributed by atoms with Gasteiger partial charge >= 0.3 is 5.97 Å². The molecule has 0 fully saturated rings. The van der Waals surface area contributed by atoms with Crippen molar-refractivity contribution in [3.8, 4) is 0 Å². The molecular weight excluding hydrogens is 354 g/mol. The quantitative estimate of drug-likeness (QED) is 0.848. The van der Waals surface area contributed by atoms with E-state index in [0.717, 1.165) is 27.2 Å². The molecule has 0 spiro atoms. The maximum absolute atomic E-state index is 10.9. The van der Waals surface area contributed by atoms with Gasteiger partial charge in [-0.3, -0.25) is 4.90 Å². The number of carbonyl (C=O) groups is 1. The van der Waals surface area contributed by atoms with Crippen molar-refractivity contribution in [2.75, 3.05) is 7.05 Å². The second kappa shape index (κ2) is 7.07. The first-order valence-electron chi connectivity index (χ1n) is 6.41. The summed E-state index contributed by atoms with van der Waals surface area (Å²) >= 11 is 9.58. The van der Waals surface area contributed by atoms with Crippen LogP contribution in [0.3, 0.4) is 0 Å². The van der Waals surface area contributed by atoms with Crippen LogP contribution in [0.1, 0.15) is 21.5 Å². The topological polar surface area (TPSA) is 40.5 Å². The average molecular weight is 369 g/mol. The zero-order chi connectivity index (χ0) is 15.4. The van der Waals surface area contributed by atoms with Crippen LogP contribution in [0.5, 0.6) is 0 Å². The Morgan fingerprint density at radius 2 is 1.86 bits per heavy atom. The Morgan fingerprint density at radius 1 is 1.19 bits per heavy atom.